The van der Waals surface area contributed by atoms with Crippen molar-refractivity contribution in [2.24, 2.45) is 9.98 Å². The summed E-state index contributed by atoms with van der Waals surface area (Å²) >= 11 is 0. The SMILES string of the molecule is Cc1cc2oc3cc(C)c(/C=N/c4ccccc4)cc3c2cc1/C=N/c1ccccc1. The first kappa shape index (κ1) is 19.0. The van der Waals surface area contributed by atoms with Gasteiger partial charge in [-0.1, -0.05) is 36.4 Å². The monoisotopic (exact) mass is 402 g/mol. The Balaban J connectivity index is 1.58. The molecular formula is C28H22N2O. The lowest BCUT2D eigenvalue weighted by Crippen LogP contribution is -1.88. The van der Waals surface area contributed by atoms with E-state index >= 15 is 0 Å². The Morgan fingerprint density at radius 2 is 1.00 bits per heavy atom. The lowest BCUT2D eigenvalue weighted by molar-refractivity contribution is 0.668. The van der Waals surface area contributed by atoms with Crippen LogP contribution < -0.4 is 0 Å². The van der Waals surface area contributed by atoms with Gasteiger partial charge in [0, 0.05) is 23.2 Å². The summed E-state index contributed by atoms with van der Waals surface area (Å²) in [6.07, 6.45) is 3.85. The molecule has 0 bridgehead atoms. The molecule has 1 aromatic heterocycles. The first-order valence-corrected chi connectivity index (χ1v) is 10.3. The number of rotatable bonds is 4. The molecule has 0 saturated heterocycles. The molecule has 0 aliphatic rings. The standard InChI is InChI=1S/C28H22N2O/c1-19-13-27-25(15-21(19)17-29-23-9-5-3-6-10-23)26-16-22(20(2)14-28(26)31-27)18-30-24-11-7-4-8-12-24/h3-18H,1-2H3/b29-17+,30-18+. The fraction of sp³-hybridized carbons (Fsp3) is 0.0714. The van der Waals surface area contributed by atoms with E-state index in [0.29, 0.717) is 0 Å². The van der Waals surface area contributed by atoms with Gasteiger partial charge in [0.25, 0.3) is 0 Å². The van der Waals surface area contributed by atoms with Gasteiger partial charge in [0.15, 0.2) is 0 Å². The molecule has 0 spiro atoms. The summed E-state index contributed by atoms with van der Waals surface area (Å²) in [5.41, 5.74) is 8.09. The van der Waals surface area contributed by atoms with Crippen LogP contribution in [0.4, 0.5) is 11.4 Å². The quantitative estimate of drug-likeness (QED) is 0.284. The zero-order chi connectivity index (χ0) is 21.2. The van der Waals surface area contributed by atoms with Gasteiger partial charge in [0.05, 0.1) is 11.4 Å². The van der Waals surface area contributed by atoms with Gasteiger partial charge in [-0.25, -0.2) is 0 Å². The lowest BCUT2D eigenvalue weighted by Gasteiger charge is -2.02. The highest BCUT2D eigenvalue weighted by Gasteiger charge is 2.11. The normalized spacial score (nSPS) is 11.9. The minimum Gasteiger partial charge on any atom is -0.456 e. The van der Waals surface area contributed by atoms with E-state index in [1.807, 2.05) is 73.1 Å². The van der Waals surface area contributed by atoms with Crippen LogP contribution >= 0.6 is 0 Å². The molecule has 0 amide bonds. The highest BCUT2D eigenvalue weighted by Crippen LogP contribution is 2.32. The van der Waals surface area contributed by atoms with Crippen LogP contribution in [0.5, 0.6) is 0 Å². The number of nitrogens with zero attached hydrogens (tertiary/aromatic N) is 2. The third-order valence-electron chi connectivity index (χ3n) is 5.46. The topological polar surface area (TPSA) is 37.9 Å². The molecule has 0 saturated carbocycles. The van der Waals surface area contributed by atoms with E-state index in [1.165, 1.54) is 0 Å². The van der Waals surface area contributed by atoms with Crippen LogP contribution in [0.15, 0.2) is 99.3 Å². The molecule has 1 heterocycles. The van der Waals surface area contributed by atoms with Crippen molar-refractivity contribution in [2.75, 3.05) is 0 Å². The van der Waals surface area contributed by atoms with Crippen molar-refractivity contribution in [3.63, 3.8) is 0 Å². The van der Waals surface area contributed by atoms with E-state index < -0.39 is 0 Å². The Hall–Kier alpha value is -3.98. The zero-order valence-corrected chi connectivity index (χ0v) is 17.5. The highest BCUT2D eigenvalue weighted by molar-refractivity contribution is 6.09. The summed E-state index contributed by atoms with van der Waals surface area (Å²) in [4.78, 5) is 9.25. The maximum absolute atomic E-state index is 6.16. The van der Waals surface area contributed by atoms with Crippen LogP contribution in [-0.2, 0) is 0 Å². The first-order valence-electron chi connectivity index (χ1n) is 10.3. The predicted octanol–water partition coefficient (Wildman–Crippen LogP) is 7.70. The third kappa shape index (κ3) is 3.90. The molecule has 31 heavy (non-hydrogen) atoms. The molecule has 0 aliphatic heterocycles. The smallest absolute Gasteiger partial charge is 0.135 e. The number of hydrogen-bond donors (Lipinski definition) is 0. The van der Waals surface area contributed by atoms with Gasteiger partial charge in [0.1, 0.15) is 11.2 Å². The van der Waals surface area contributed by atoms with E-state index in [2.05, 4.69) is 48.1 Å². The first-order chi connectivity index (χ1) is 15.2. The number of benzene rings is 4. The largest absolute Gasteiger partial charge is 0.456 e. The summed E-state index contributed by atoms with van der Waals surface area (Å²) in [6.45, 7) is 4.17. The van der Waals surface area contributed by atoms with Gasteiger partial charge in [0.2, 0.25) is 0 Å². The molecular weight excluding hydrogens is 380 g/mol. The number of para-hydroxylation sites is 2. The van der Waals surface area contributed by atoms with Crippen molar-refractivity contribution >= 4 is 45.7 Å². The zero-order valence-electron chi connectivity index (χ0n) is 17.5. The summed E-state index contributed by atoms with van der Waals surface area (Å²) < 4.78 is 6.16. The second-order valence-corrected chi connectivity index (χ2v) is 7.70. The van der Waals surface area contributed by atoms with Gasteiger partial charge in [-0.2, -0.15) is 0 Å². The molecule has 0 aliphatic carbocycles. The van der Waals surface area contributed by atoms with Crippen LogP contribution in [-0.4, -0.2) is 12.4 Å². The number of aliphatic imine (C=N–C) groups is 2. The maximum Gasteiger partial charge on any atom is 0.135 e. The molecule has 4 aromatic carbocycles. The van der Waals surface area contributed by atoms with Crippen LogP contribution in [0.2, 0.25) is 0 Å². The fourth-order valence-electron chi connectivity index (χ4n) is 3.70. The summed E-state index contributed by atoms with van der Waals surface area (Å²) in [5, 5.41) is 2.17. The number of fused-ring (bicyclic) bond motifs is 3. The predicted molar refractivity (Wildman–Crippen MR) is 131 cm³/mol. The van der Waals surface area contributed by atoms with Crippen molar-refractivity contribution in [3.05, 3.63) is 107 Å². The van der Waals surface area contributed by atoms with Crippen molar-refractivity contribution in [2.45, 2.75) is 13.8 Å². The summed E-state index contributed by atoms with van der Waals surface area (Å²) in [5.74, 6) is 0. The molecule has 3 heteroatoms. The molecule has 5 aromatic rings. The molecule has 5 rings (SSSR count). The highest BCUT2D eigenvalue weighted by atomic mass is 16.3. The van der Waals surface area contributed by atoms with Crippen LogP contribution in [0.1, 0.15) is 22.3 Å². The molecule has 3 nitrogen and oxygen atoms in total. The van der Waals surface area contributed by atoms with Gasteiger partial charge in [-0.15, -0.1) is 0 Å². The molecule has 0 atom stereocenters. The molecule has 0 unspecified atom stereocenters. The van der Waals surface area contributed by atoms with Gasteiger partial charge in [-0.05, 0) is 84.6 Å². The minimum absolute atomic E-state index is 0.890. The Morgan fingerprint density at radius 1 is 0.581 bits per heavy atom. The van der Waals surface area contributed by atoms with Gasteiger partial charge in [-0.3, -0.25) is 9.98 Å². The second-order valence-electron chi connectivity index (χ2n) is 7.70. The number of aryl methyl sites for hydroxylation is 2. The number of furan rings is 1. The second kappa shape index (κ2) is 8.04. The van der Waals surface area contributed by atoms with E-state index in [4.69, 9.17) is 4.42 Å². The van der Waals surface area contributed by atoms with Crippen LogP contribution in [0, 0.1) is 13.8 Å². The van der Waals surface area contributed by atoms with Crippen molar-refractivity contribution in [1.82, 2.24) is 0 Å². The molecule has 0 radical (unpaired) electrons. The Labute approximate surface area is 181 Å². The summed E-state index contributed by atoms with van der Waals surface area (Å²) in [6, 6.07) is 28.5. The van der Waals surface area contributed by atoms with Gasteiger partial charge < -0.3 is 4.42 Å². The Kier molecular flexibility index (Phi) is 4.93. The maximum atomic E-state index is 6.16. The Morgan fingerprint density at radius 3 is 1.42 bits per heavy atom. The van der Waals surface area contributed by atoms with E-state index in [0.717, 1.165) is 55.6 Å². The van der Waals surface area contributed by atoms with E-state index in [-0.39, 0.29) is 0 Å². The van der Waals surface area contributed by atoms with E-state index in [9.17, 15) is 0 Å². The Bertz CT molecular complexity index is 1320. The van der Waals surface area contributed by atoms with Gasteiger partial charge >= 0.3 is 0 Å². The molecule has 0 N–H and O–H groups in total. The average Bonchev–Trinajstić information content (AvgIpc) is 3.13. The van der Waals surface area contributed by atoms with Crippen molar-refractivity contribution < 1.29 is 4.42 Å². The summed E-state index contributed by atoms with van der Waals surface area (Å²) in [7, 11) is 0. The molecule has 150 valence electrons. The molecule has 0 fully saturated rings. The minimum atomic E-state index is 0.890. The van der Waals surface area contributed by atoms with Crippen molar-refractivity contribution in [1.29, 1.82) is 0 Å². The van der Waals surface area contributed by atoms with Crippen LogP contribution in [0.3, 0.4) is 0 Å². The van der Waals surface area contributed by atoms with Crippen molar-refractivity contribution in [3.8, 4) is 0 Å². The van der Waals surface area contributed by atoms with Crippen LogP contribution in [0.25, 0.3) is 21.9 Å². The lowest BCUT2D eigenvalue weighted by atomic mass is 10.0. The third-order valence-corrected chi connectivity index (χ3v) is 5.46. The fourth-order valence-corrected chi connectivity index (χ4v) is 3.70. The number of hydrogen-bond acceptors (Lipinski definition) is 3. The average molecular weight is 402 g/mol. The van der Waals surface area contributed by atoms with E-state index in [1.54, 1.807) is 0 Å².